The van der Waals surface area contributed by atoms with E-state index in [1.807, 2.05) is 48.2 Å². The number of benzene rings is 1. The minimum absolute atomic E-state index is 0.0125. The van der Waals surface area contributed by atoms with Gasteiger partial charge in [-0.2, -0.15) is 5.26 Å². The van der Waals surface area contributed by atoms with E-state index < -0.39 is 0 Å². The van der Waals surface area contributed by atoms with Crippen molar-refractivity contribution in [1.29, 1.82) is 5.26 Å². The van der Waals surface area contributed by atoms with Crippen LogP contribution in [0.5, 0.6) is 5.88 Å². The van der Waals surface area contributed by atoms with Crippen LogP contribution in [-0.4, -0.2) is 27.9 Å². The lowest BCUT2D eigenvalue weighted by Crippen LogP contribution is -2.29. The van der Waals surface area contributed by atoms with E-state index in [2.05, 4.69) is 16.0 Å². The van der Waals surface area contributed by atoms with Crippen molar-refractivity contribution in [2.24, 2.45) is 0 Å². The summed E-state index contributed by atoms with van der Waals surface area (Å²) in [6.45, 7) is 2.40. The predicted molar refractivity (Wildman–Crippen MR) is 107 cm³/mol. The first-order chi connectivity index (χ1) is 14.1. The summed E-state index contributed by atoms with van der Waals surface area (Å²) >= 11 is 0. The molecule has 2 aromatic heterocycles. The number of rotatable bonds is 5. The minimum atomic E-state index is -0.171. The first-order valence-corrected chi connectivity index (χ1v) is 9.35. The van der Waals surface area contributed by atoms with Crippen molar-refractivity contribution < 1.29 is 9.53 Å². The largest absolute Gasteiger partial charge is 0.481 e. The first kappa shape index (κ1) is 18.6. The highest BCUT2D eigenvalue weighted by Crippen LogP contribution is 2.37. The van der Waals surface area contributed by atoms with Crippen LogP contribution >= 0.6 is 0 Å². The van der Waals surface area contributed by atoms with Gasteiger partial charge in [-0.1, -0.05) is 24.3 Å². The average Bonchev–Trinajstić information content (AvgIpc) is 3.01. The number of methoxy groups -OCH3 is 1. The summed E-state index contributed by atoms with van der Waals surface area (Å²) in [5.41, 5.74) is 4.89. The lowest BCUT2D eigenvalue weighted by Gasteiger charge is -2.26. The molecule has 3 aromatic rings. The zero-order valence-electron chi connectivity index (χ0n) is 16.3. The van der Waals surface area contributed by atoms with Crippen molar-refractivity contribution in [2.75, 3.05) is 7.11 Å². The number of amides is 1. The highest BCUT2D eigenvalue weighted by Gasteiger charge is 2.37. The van der Waals surface area contributed by atoms with E-state index in [0.29, 0.717) is 30.1 Å². The quantitative estimate of drug-likeness (QED) is 0.671. The van der Waals surface area contributed by atoms with Crippen LogP contribution in [0.2, 0.25) is 0 Å². The fourth-order valence-corrected chi connectivity index (χ4v) is 3.81. The van der Waals surface area contributed by atoms with E-state index >= 15 is 0 Å². The zero-order chi connectivity index (χ0) is 20.4. The highest BCUT2D eigenvalue weighted by atomic mass is 16.5. The number of carbonyl (C=O) groups excluding carboxylic acids is 1. The molecule has 29 heavy (non-hydrogen) atoms. The van der Waals surface area contributed by atoms with Gasteiger partial charge in [0.1, 0.15) is 11.8 Å². The summed E-state index contributed by atoms with van der Waals surface area (Å²) in [5.74, 6) is 0.521. The molecule has 1 aliphatic heterocycles. The van der Waals surface area contributed by atoms with Crippen LogP contribution in [0.3, 0.4) is 0 Å². The second kappa shape index (κ2) is 7.72. The smallest absolute Gasteiger partial charge is 0.255 e. The number of hydrogen-bond donors (Lipinski definition) is 0. The highest BCUT2D eigenvalue weighted by molar-refractivity contribution is 5.99. The number of carbonyl (C=O) groups is 1. The van der Waals surface area contributed by atoms with Crippen LogP contribution in [0.15, 0.2) is 54.9 Å². The molecule has 1 aromatic carbocycles. The standard InChI is InChI=1S/C23H20N4O2/c1-15-9-10-25-20(12-24)19(15)11-21-17-5-3-4-6-18(17)23(28)27(21)14-16-7-8-22(29-2)26-13-16/h3-10,13,21H,11,14H2,1-2H3. The number of nitrogens with zero attached hydrogens (tertiary/aromatic N) is 4. The lowest BCUT2D eigenvalue weighted by molar-refractivity contribution is 0.0709. The molecule has 3 heterocycles. The topological polar surface area (TPSA) is 79.1 Å². The second-order valence-corrected chi connectivity index (χ2v) is 7.02. The van der Waals surface area contributed by atoms with Crippen LogP contribution in [0.25, 0.3) is 0 Å². The molecule has 0 aliphatic carbocycles. The minimum Gasteiger partial charge on any atom is -0.481 e. The van der Waals surface area contributed by atoms with Crippen LogP contribution in [0.4, 0.5) is 0 Å². The van der Waals surface area contributed by atoms with Crippen molar-refractivity contribution in [3.05, 3.63) is 88.4 Å². The van der Waals surface area contributed by atoms with Crippen molar-refractivity contribution in [3.63, 3.8) is 0 Å². The molecule has 1 amide bonds. The van der Waals surface area contributed by atoms with Crippen molar-refractivity contribution >= 4 is 5.91 Å². The Morgan fingerprint density at radius 2 is 2.00 bits per heavy atom. The van der Waals surface area contributed by atoms with Gasteiger partial charge in [0.25, 0.3) is 5.91 Å². The molecule has 0 saturated carbocycles. The third-order valence-corrected chi connectivity index (χ3v) is 5.34. The maximum Gasteiger partial charge on any atom is 0.255 e. The molecule has 4 rings (SSSR count). The van der Waals surface area contributed by atoms with Crippen LogP contribution < -0.4 is 4.74 Å². The van der Waals surface area contributed by atoms with E-state index in [1.54, 1.807) is 25.6 Å². The van der Waals surface area contributed by atoms with Gasteiger partial charge in [-0.15, -0.1) is 0 Å². The maximum absolute atomic E-state index is 13.2. The molecule has 0 N–H and O–H groups in total. The predicted octanol–water partition coefficient (Wildman–Crippen LogP) is 3.61. The average molecular weight is 384 g/mol. The Morgan fingerprint density at radius 1 is 1.17 bits per heavy atom. The molecule has 0 spiro atoms. The molecular formula is C23H20N4O2. The number of pyridine rings is 2. The number of fused-ring (bicyclic) bond motifs is 1. The molecule has 1 aliphatic rings. The van der Waals surface area contributed by atoms with E-state index in [1.165, 1.54) is 0 Å². The monoisotopic (exact) mass is 384 g/mol. The molecular weight excluding hydrogens is 364 g/mol. The van der Waals surface area contributed by atoms with Gasteiger partial charge in [-0.25, -0.2) is 9.97 Å². The second-order valence-electron chi connectivity index (χ2n) is 7.02. The van der Waals surface area contributed by atoms with E-state index in [0.717, 1.165) is 22.3 Å². The summed E-state index contributed by atoms with van der Waals surface area (Å²) in [6.07, 6.45) is 3.91. The number of nitriles is 1. The third kappa shape index (κ3) is 3.43. The molecule has 1 atom stereocenters. The van der Waals surface area contributed by atoms with Gasteiger partial charge in [0, 0.05) is 37.0 Å². The molecule has 6 nitrogen and oxygen atoms in total. The van der Waals surface area contributed by atoms with Gasteiger partial charge in [0.2, 0.25) is 5.88 Å². The Hall–Kier alpha value is -3.72. The van der Waals surface area contributed by atoms with Crippen LogP contribution in [0.1, 0.15) is 44.3 Å². The van der Waals surface area contributed by atoms with E-state index in [9.17, 15) is 10.1 Å². The van der Waals surface area contributed by atoms with Gasteiger partial charge in [-0.3, -0.25) is 4.79 Å². The molecule has 6 heteroatoms. The summed E-state index contributed by atoms with van der Waals surface area (Å²) < 4.78 is 5.12. The molecule has 1 unspecified atom stereocenters. The Morgan fingerprint density at radius 3 is 2.72 bits per heavy atom. The summed E-state index contributed by atoms with van der Waals surface area (Å²) in [7, 11) is 1.57. The Bertz CT molecular complexity index is 1100. The summed E-state index contributed by atoms with van der Waals surface area (Å²) in [6, 6.07) is 15.3. The number of aromatic nitrogens is 2. The van der Waals surface area contributed by atoms with Crippen molar-refractivity contribution in [3.8, 4) is 11.9 Å². The summed E-state index contributed by atoms with van der Waals surface area (Å²) in [5, 5.41) is 9.50. The number of ether oxygens (including phenoxy) is 1. The molecule has 0 fully saturated rings. The molecule has 0 saturated heterocycles. The van der Waals surface area contributed by atoms with E-state index in [-0.39, 0.29) is 11.9 Å². The van der Waals surface area contributed by atoms with Crippen LogP contribution in [-0.2, 0) is 13.0 Å². The van der Waals surface area contributed by atoms with Gasteiger partial charge < -0.3 is 9.64 Å². The van der Waals surface area contributed by atoms with Crippen LogP contribution in [0, 0.1) is 18.3 Å². The Kier molecular flexibility index (Phi) is 4.96. The van der Waals surface area contributed by atoms with Crippen molar-refractivity contribution in [2.45, 2.75) is 25.9 Å². The van der Waals surface area contributed by atoms with Gasteiger partial charge in [0.05, 0.1) is 13.2 Å². The molecule has 144 valence electrons. The summed E-state index contributed by atoms with van der Waals surface area (Å²) in [4.78, 5) is 23.5. The van der Waals surface area contributed by atoms with Crippen molar-refractivity contribution in [1.82, 2.24) is 14.9 Å². The number of aryl methyl sites for hydroxylation is 1. The normalized spacial score (nSPS) is 15.1. The fraction of sp³-hybridized carbons (Fsp3) is 0.217. The SMILES string of the molecule is COc1ccc(CN2C(=O)c3ccccc3C2Cc2c(C)ccnc2C#N)cn1. The van der Waals surface area contributed by atoms with Gasteiger partial charge >= 0.3 is 0 Å². The van der Waals surface area contributed by atoms with Gasteiger partial charge in [0.15, 0.2) is 0 Å². The van der Waals surface area contributed by atoms with E-state index in [4.69, 9.17) is 4.74 Å². The number of hydrogen-bond acceptors (Lipinski definition) is 5. The Balaban J connectivity index is 1.72. The third-order valence-electron chi connectivity index (χ3n) is 5.34. The lowest BCUT2D eigenvalue weighted by atomic mass is 9.95. The molecule has 0 bridgehead atoms. The first-order valence-electron chi connectivity index (χ1n) is 9.35. The zero-order valence-corrected chi connectivity index (χ0v) is 16.3. The Labute approximate surface area is 169 Å². The van der Waals surface area contributed by atoms with Gasteiger partial charge in [-0.05, 0) is 41.3 Å². The maximum atomic E-state index is 13.2. The fourth-order valence-electron chi connectivity index (χ4n) is 3.81. The molecule has 0 radical (unpaired) electrons.